The van der Waals surface area contributed by atoms with Crippen LogP contribution in [0.3, 0.4) is 0 Å². The third kappa shape index (κ3) is 4.90. The Balaban J connectivity index is 0.00000243. The standard InChI is InChI=1S/C15H16ClN5O3S.CH4/c1-25(23,24)20-11-5-4-10(7-11)15(22)18-13-9-21(19-14(13)16)12-3-2-6-17-8-12;/h2-6,8-11,20H,7H2,1H3,(H,18,22);1H4/t10-,11+;/m1./s1. The molecule has 2 aromatic heterocycles. The van der Waals surface area contributed by atoms with E-state index in [0.29, 0.717) is 17.8 Å². The Morgan fingerprint density at radius 2 is 2.15 bits per heavy atom. The van der Waals surface area contributed by atoms with E-state index in [1.807, 2.05) is 6.07 Å². The zero-order chi connectivity index (χ0) is 18.0. The third-order valence-electron chi connectivity index (χ3n) is 3.62. The van der Waals surface area contributed by atoms with Gasteiger partial charge >= 0.3 is 0 Å². The largest absolute Gasteiger partial charge is 0.322 e. The molecule has 0 aliphatic heterocycles. The van der Waals surface area contributed by atoms with E-state index in [-0.39, 0.29) is 24.5 Å². The summed E-state index contributed by atoms with van der Waals surface area (Å²) in [6, 6.07) is 3.18. The highest BCUT2D eigenvalue weighted by molar-refractivity contribution is 7.88. The van der Waals surface area contributed by atoms with E-state index in [0.717, 1.165) is 6.26 Å². The minimum atomic E-state index is -3.32. The summed E-state index contributed by atoms with van der Waals surface area (Å²) in [4.78, 5) is 16.4. The molecule has 2 N–H and O–H groups in total. The molecule has 0 aromatic carbocycles. The summed E-state index contributed by atoms with van der Waals surface area (Å²) in [5.41, 5.74) is 1.09. The molecule has 3 rings (SSSR count). The average molecular weight is 398 g/mol. The van der Waals surface area contributed by atoms with Gasteiger partial charge in [-0.2, -0.15) is 5.10 Å². The first-order valence-corrected chi connectivity index (χ1v) is 9.71. The number of carbonyl (C=O) groups is 1. The summed E-state index contributed by atoms with van der Waals surface area (Å²) < 4.78 is 26.5. The van der Waals surface area contributed by atoms with Crippen LogP contribution in [0.15, 0.2) is 42.9 Å². The number of nitrogens with one attached hydrogen (secondary N) is 2. The molecule has 0 spiro atoms. The summed E-state index contributed by atoms with van der Waals surface area (Å²) >= 11 is 6.08. The van der Waals surface area contributed by atoms with Crippen molar-refractivity contribution in [3.05, 3.63) is 48.0 Å². The molecule has 2 atom stereocenters. The van der Waals surface area contributed by atoms with Crippen molar-refractivity contribution in [3.63, 3.8) is 0 Å². The van der Waals surface area contributed by atoms with Crippen LogP contribution in [0, 0.1) is 5.92 Å². The maximum Gasteiger partial charge on any atom is 0.231 e. The number of rotatable bonds is 5. The highest BCUT2D eigenvalue weighted by Crippen LogP contribution is 2.25. The number of carbonyl (C=O) groups excluding carboxylic acids is 1. The van der Waals surface area contributed by atoms with Gasteiger partial charge in [-0.3, -0.25) is 9.78 Å². The van der Waals surface area contributed by atoms with Crippen LogP contribution in [-0.2, 0) is 14.8 Å². The minimum Gasteiger partial charge on any atom is -0.322 e. The predicted molar refractivity (Wildman–Crippen MR) is 101 cm³/mol. The molecular formula is C16H20ClN5O3S. The van der Waals surface area contributed by atoms with Crippen LogP contribution in [0.2, 0.25) is 5.15 Å². The van der Waals surface area contributed by atoms with Crippen LogP contribution in [0.4, 0.5) is 5.69 Å². The number of hydrogen-bond acceptors (Lipinski definition) is 5. The second-order valence-corrected chi connectivity index (χ2v) is 7.84. The smallest absolute Gasteiger partial charge is 0.231 e. The lowest BCUT2D eigenvalue weighted by Gasteiger charge is -2.12. The Hall–Kier alpha value is -2.23. The van der Waals surface area contributed by atoms with Crippen LogP contribution in [0.25, 0.3) is 5.69 Å². The van der Waals surface area contributed by atoms with Crippen molar-refractivity contribution in [2.45, 2.75) is 19.9 Å². The molecule has 2 heterocycles. The van der Waals surface area contributed by atoms with Gasteiger partial charge in [-0.1, -0.05) is 31.2 Å². The fourth-order valence-electron chi connectivity index (χ4n) is 2.54. The van der Waals surface area contributed by atoms with Gasteiger partial charge in [0.05, 0.1) is 35.9 Å². The van der Waals surface area contributed by atoms with E-state index in [9.17, 15) is 13.2 Å². The molecule has 2 aromatic rings. The molecule has 0 fully saturated rings. The topological polar surface area (TPSA) is 106 Å². The van der Waals surface area contributed by atoms with Crippen LogP contribution < -0.4 is 10.0 Å². The molecular weight excluding hydrogens is 378 g/mol. The summed E-state index contributed by atoms with van der Waals surface area (Å²) in [6.07, 6.45) is 9.65. The number of sulfonamides is 1. The first-order chi connectivity index (χ1) is 11.8. The lowest BCUT2D eigenvalue weighted by atomic mass is 10.1. The first-order valence-electron chi connectivity index (χ1n) is 7.44. The summed E-state index contributed by atoms with van der Waals surface area (Å²) in [6.45, 7) is 0. The van der Waals surface area contributed by atoms with Gasteiger partial charge in [-0.05, 0) is 18.6 Å². The Bertz CT molecular complexity index is 911. The highest BCUT2D eigenvalue weighted by atomic mass is 35.5. The van der Waals surface area contributed by atoms with Crippen molar-refractivity contribution in [2.24, 2.45) is 5.92 Å². The lowest BCUT2D eigenvalue weighted by Crippen LogP contribution is -2.33. The average Bonchev–Trinajstić information content (AvgIpc) is 3.14. The van der Waals surface area contributed by atoms with E-state index < -0.39 is 15.9 Å². The van der Waals surface area contributed by atoms with Crippen molar-refractivity contribution in [2.75, 3.05) is 11.6 Å². The highest BCUT2D eigenvalue weighted by Gasteiger charge is 2.27. The van der Waals surface area contributed by atoms with Crippen molar-refractivity contribution in [3.8, 4) is 5.69 Å². The number of nitrogens with zero attached hydrogens (tertiary/aromatic N) is 3. The van der Waals surface area contributed by atoms with Crippen LogP contribution >= 0.6 is 11.6 Å². The maximum atomic E-state index is 12.4. The molecule has 140 valence electrons. The van der Waals surface area contributed by atoms with Crippen molar-refractivity contribution >= 4 is 33.2 Å². The van der Waals surface area contributed by atoms with Gasteiger partial charge in [-0.15, -0.1) is 0 Å². The number of aromatic nitrogens is 3. The van der Waals surface area contributed by atoms with Crippen LogP contribution in [-0.4, -0.2) is 41.4 Å². The Labute approximate surface area is 157 Å². The number of amides is 1. The Morgan fingerprint density at radius 1 is 1.38 bits per heavy atom. The van der Waals surface area contributed by atoms with Gasteiger partial charge in [0.1, 0.15) is 0 Å². The number of hydrogen-bond donors (Lipinski definition) is 2. The zero-order valence-electron chi connectivity index (χ0n) is 13.3. The van der Waals surface area contributed by atoms with E-state index in [4.69, 9.17) is 11.6 Å². The molecule has 1 aliphatic carbocycles. The maximum absolute atomic E-state index is 12.4. The quantitative estimate of drug-likeness (QED) is 0.750. The molecule has 1 aliphatic rings. The molecule has 1 amide bonds. The summed E-state index contributed by atoms with van der Waals surface area (Å²) in [5, 5.41) is 7.02. The number of anilines is 1. The SMILES string of the molecule is C.CS(=O)(=O)N[C@H]1C=C[C@@H](C(=O)Nc2cn(-c3cccnc3)nc2Cl)C1. The predicted octanol–water partition coefficient (Wildman–Crippen LogP) is 1.99. The van der Waals surface area contributed by atoms with Crippen molar-refractivity contribution < 1.29 is 13.2 Å². The van der Waals surface area contributed by atoms with Crippen LogP contribution in [0.5, 0.6) is 0 Å². The molecule has 26 heavy (non-hydrogen) atoms. The molecule has 10 heteroatoms. The third-order valence-corrected chi connectivity index (χ3v) is 4.63. The van der Waals surface area contributed by atoms with E-state index in [2.05, 4.69) is 20.1 Å². The monoisotopic (exact) mass is 397 g/mol. The number of pyridine rings is 1. The minimum absolute atomic E-state index is 0. The van der Waals surface area contributed by atoms with Crippen molar-refractivity contribution in [1.29, 1.82) is 0 Å². The molecule has 0 radical (unpaired) electrons. The Kier molecular flexibility index (Phi) is 6.17. The van der Waals surface area contributed by atoms with Gasteiger partial charge < -0.3 is 5.32 Å². The lowest BCUT2D eigenvalue weighted by molar-refractivity contribution is -0.118. The van der Waals surface area contributed by atoms with Crippen molar-refractivity contribution in [1.82, 2.24) is 19.5 Å². The molecule has 0 unspecified atom stereocenters. The second kappa shape index (κ2) is 7.98. The molecule has 0 saturated heterocycles. The van der Waals surface area contributed by atoms with Crippen LogP contribution in [0.1, 0.15) is 13.8 Å². The van der Waals surface area contributed by atoms with Gasteiger partial charge in [-0.25, -0.2) is 17.8 Å². The van der Waals surface area contributed by atoms with E-state index in [1.54, 1.807) is 36.8 Å². The first kappa shape index (κ1) is 20.1. The fraction of sp³-hybridized carbons (Fsp3) is 0.312. The molecule has 0 saturated carbocycles. The summed E-state index contributed by atoms with van der Waals surface area (Å²) in [5.74, 6) is -0.723. The van der Waals surface area contributed by atoms with Gasteiger partial charge in [0, 0.05) is 12.2 Å². The second-order valence-electron chi connectivity index (χ2n) is 5.70. The molecule has 8 nitrogen and oxygen atoms in total. The van der Waals surface area contributed by atoms with E-state index in [1.165, 1.54) is 4.68 Å². The van der Waals surface area contributed by atoms with Gasteiger partial charge in [0.15, 0.2) is 5.15 Å². The Morgan fingerprint density at radius 3 is 2.81 bits per heavy atom. The zero-order valence-corrected chi connectivity index (χ0v) is 14.8. The normalized spacial score (nSPS) is 19.2. The summed E-state index contributed by atoms with van der Waals surface area (Å²) in [7, 11) is -3.32. The van der Waals surface area contributed by atoms with E-state index >= 15 is 0 Å². The molecule has 0 bridgehead atoms. The van der Waals surface area contributed by atoms with Gasteiger partial charge in [0.25, 0.3) is 0 Å². The van der Waals surface area contributed by atoms with Gasteiger partial charge in [0.2, 0.25) is 15.9 Å². The fourth-order valence-corrected chi connectivity index (χ4v) is 3.44. The number of halogens is 1.